The molecule has 0 saturated carbocycles. The quantitative estimate of drug-likeness (QED) is 0.691. The Labute approximate surface area is 98.8 Å². The van der Waals surface area contributed by atoms with Gasteiger partial charge in [0.25, 0.3) is 0 Å². The molecule has 0 aliphatic carbocycles. The molecule has 0 spiro atoms. The number of aryl methyl sites for hydroxylation is 2. The van der Waals surface area contributed by atoms with Crippen LogP contribution in [0.5, 0.6) is 0 Å². The fraction of sp³-hybridized carbons (Fsp3) is 0.600. The maximum absolute atomic E-state index is 6.01. The van der Waals surface area contributed by atoms with Gasteiger partial charge in [-0.3, -0.25) is 0 Å². The van der Waals surface area contributed by atoms with E-state index in [1.165, 1.54) is 23.1 Å². The van der Waals surface area contributed by atoms with Crippen LogP contribution in [-0.4, -0.2) is 6.61 Å². The standard InChI is InChI=1S/C15H22O/c1-10-5-6-14(12(3)7-10)15-13(4)8-11(2)9-16-15/h5-7,11,13,15H,8-9H2,1-4H3. The van der Waals surface area contributed by atoms with Crippen molar-refractivity contribution in [2.75, 3.05) is 6.61 Å². The predicted octanol–water partition coefficient (Wildman–Crippen LogP) is 4.04. The van der Waals surface area contributed by atoms with E-state index in [2.05, 4.69) is 45.9 Å². The van der Waals surface area contributed by atoms with Gasteiger partial charge in [-0.25, -0.2) is 0 Å². The van der Waals surface area contributed by atoms with Gasteiger partial charge in [0, 0.05) is 6.61 Å². The molecule has 1 aromatic rings. The summed E-state index contributed by atoms with van der Waals surface area (Å²) in [6.07, 6.45) is 1.58. The minimum atomic E-state index is 0.303. The van der Waals surface area contributed by atoms with Crippen LogP contribution in [-0.2, 0) is 4.74 Å². The zero-order valence-corrected chi connectivity index (χ0v) is 10.8. The second kappa shape index (κ2) is 4.58. The SMILES string of the molecule is Cc1ccc(C2OCC(C)CC2C)c(C)c1. The first-order valence-corrected chi connectivity index (χ1v) is 6.26. The predicted molar refractivity (Wildman–Crippen MR) is 67.6 cm³/mol. The average Bonchev–Trinajstić information content (AvgIpc) is 2.19. The van der Waals surface area contributed by atoms with Gasteiger partial charge in [0.2, 0.25) is 0 Å². The van der Waals surface area contributed by atoms with Crippen LogP contribution in [0, 0.1) is 25.7 Å². The van der Waals surface area contributed by atoms with Crippen LogP contribution < -0.4 is 0 Å². The summed E-state index contributed by atoms with van der Waals surface area (Å²) in [5.41, 5.74) is 4.08. The van der Waals surface area contributed by atoms with Gasteiger partial charge >= 0.3 is 0 Å². The smallest absolute Gasteiger partial charge is 0.0853 e. The summed E-state index contributed by atoms with van der Waals surface area (Å²) < 4.78 is 6.01. The van der Waals surface area contributed by atoms with Crippen molar-refractivity contribution >= 4 is 0 Å². The van der Waals surface area contributed by atoms with Gasteiger partial charge in [0.1, 0.15) is 0 Å². The Bertz CT molecular complexity index is 370. The third kappa shape index (κ3) is 2.30. The highest BCUT2D eigenvalue weighted by molar-refractivity contribution is 5.32. The lowest BCUT2D eigenvalue weighted by atomic mass is 9.85. The van der Waals surface area contributed by atoms with Crippen LogP contribution in [0.1, 0.15) is 43.1 Å². The fourth-order valence-corrected chi connectivity index (χ4v) is 2.80. The van der Waals surface area contributed by atoms with Gasteiger partial charge in [-0.1, -0.05) is 37.6 Å². The summed E-state index contributed by atoms with van der Waals surface area (Å²) >= 11 is 0. The first-order valence-electron chi connectivity index (χ1n) is 6.26. The van der Waals surface area contributed by atoms with E-state index in [1.807, 2.05) is 0 Å². The second-order valence-corrected chi connectivity index (χ2v) is 5.43. The molecule has 0 radical (unpaired) electrons. The monoisotopic (exact) mass is 218 g/mol. The van der Waals surface area contributed by atoms with Gasteiger partial charge in [0.15, 0.2) is 0 Å². The van der Waals surface area contributed by atoms with Crippen LogP contribution in [0.3, 0.4) is 0 Å². The zero-order chi connectivity index (χ0) is 11.7. The number of ether oxygens (including phenoxy) is 1. The van der Waals surface area contributed by atoms with E-state index in [1.54, 1.807) is 0 Å². The molecule has 88 valence electrons. The van der Waals surface area contributed by atoms with Crippen molar-refractivity contribution in [2.24, 2.45) is 11.8 Å². The molecule has 3 unspecified atom stereocenters. The maximum Gasteiger partial charge on any atom is 0.0853 e. The molecule has 1 fully saturated rings. The minimum absolute atomic E-state index is 0.303. The summed E-state index contributed by atoms with van der Waals surface area (Å²) in [7, 11) is 0. The minimum Gasteiger partial charge on any atom is -0.373 e. The third-order valence-electron chi connectivity index (χ3n) is 3.58. The Morgan fingerprint density at radius 3 is 2.56 bits per heavy atom. The van der Waals surface area contributed by atoms with Gasteiger partial charge in [0.05, 0.1) is 6.10 Å². The maximum atomic E-state index is 6.01. The third-order valence-corrected chi connectivity index (χ3v) is 3.58. The summed E-state index contributed by atoms with van der Waals surface area (Å²) in [5.74, 6) is 1.34. The summed E-state index contributed by atoms with van der Waals surface area (Å²) in [4.78, 5) is 0. The van der Waals surface area contributed by atoms with Crippen LogP contribution >= 0.6 is 0 Å². The van der Waals surface area contributed by atoms with Crippen molar-refractivity contribution in [3.05, 3.63) is 34.9 Å². The lowest BCUT2D eigenvalue weighted by molar-refractivity contribution is -0.0485. The molecule has 1 saturated heterocycles. The lowest BCUT2D eigenvalue weighted by Gasteiger charge is -2.34. The van der Waals surface area contributed by atoms with Crippen molar-refractivity contribution in [3.8, 4) is 0 Å². The molecule has 1 aliphatic heterocycles. The number of hydrogen-bond donors (Lipinski definition) is 0. The second-order valence-electron chi connectivity index (χ2n) is 5.43. The highest BCUT2D eigenvalue weighted by atomic mass is 16.5. The van der Waals surface area contributed by atoms with E-state index in [-0.39, 0.29) is 0 Å². The summed E-state index contributed by atoms with van der Waals surface area (Å²) in [5, 5.41) is 0. The zero-order valence-electron chi connectivity index (χ0n) is 10.8. The van der Waals surface area contributed by atoms with Crippen molar-refractivity contribution in [2.45, 2.75) is 40.2 Å². The van der Waals surface area contributed by atoms with Crippen LogP contribution in [0.15, 0.2) is 18.2 Å². The normalized spacial score (nSPS) is 30.4. The van der Waals surface area contributed by atoms with E-state index in [9.17, 15) is 0 Å². The fourth-order valence-electron chi connectivity index (χ4n) is 2.80. The molecule has 0 N–H and O–H groups in total. The Balaban J connectivity index is 2.23. The first-order chi connectivity index (χ1) is 7.58. The van der Waals surface area contributed by atoms with Crippen LogP contribution in [0.2, 0.25) is 0 Å². The molecule has 1 nitrogen and oxygen atoms in total. The average molecular weight is 218 g/mol. The highest BCUT2D eigenvalue weighted by Crippen LogP contribution is 2.36. The Kier molecular flexibility index (Phi) is 3.34. The van der Waals surface area contributed by atoms with Crippen molar-refractivity contribution in [3.63, 3.8) is 0 Å². The van der Waals surface area contributed by atoms with Gasteiger partial charge in [-0.2, -0.15) is 0 Å². The molecule has 0 amide bonds. The number of hydrogen-bond acceptors (Lipinski definition) is 1. The van der Waals surface area contributed by atoms with E-state index in [0.717, 1.165) is 6.61 Å². The van der Waals surface area contributed by atoms with E-state index in [0.29, 0.717) is 17.9 Å². The molecule has 3 atom stereocenters. The molecule has 0 bridgehead atoms. The summed E-state index contributed by atoms with van der Waals surface area (Å²) in [6.45, 7) is 9.82. The van der Waals surface area contributed by atoms with Gasteiger partial charge in [-0.15, -0.1) is 0 Å². The van der Waals surface area contributed by atoms with Gasteiger partial charge in [-0.05, 0) is 43.2 Å². The van der Waals surface area contributed by atoms with Crippen molar-refractivity contribution < 1.29 is 4.74 Å². The Hall–Kier alpha value is -0.820. The topological polar surface area (TPSA) is 9.23 Å². The Morgan fingerprint density at radius 1 is 1.19 bits per heavy atom. The molecule has 1 aromatic carbocycles. The largest absolute Gasteiger partial charge is 0.373 e. The molecule has 1 heterocycles. The molecule has 2 rings (SSSR count). The molecule has 16 heavy (non-hydrogen) atoms. The first kappa shape index (κ1) is 11.7. The lowest BCUT2D eigenvalue weighted by Crippen LogP contribution is -2.26. The molecular weight excluding hydrogens is 196 g/mol. The molecule has 1 heteroatoms. The summed E-state index contributed by atoms with van der Waals surface area (Å²) in [6, 6.07) is 6.68. The molecule has 0 aromatic heterocycles. The Morgan fingerprint density at radius 2 is 1.94 bits per heavy atom. The number of rotatable bonds is 1. The van der Waals surface area contributed by atoms with E-state index in [4.69, 9.17) is 4.74 Å². The number of benzene rings is 1. The molecule has 1 aliphatic rings. The highest BCUT2D eigenvalue weighted by Gasteiger charge is 2.28. The van der Waals surface area contributed by atoms with Gasteiger partial charge < -0.3 is 4.74 Å². The molecular formula is C15H22O. The van der Waals surface area contributed by atoms with Crippen molar-refractivity contribution in [1.82, 2.24) is 0 Å². The van der Waals surface area contributed by atoms with E-state index < -0.39 is 0 Å². The van der Waals surface area contributed by atoms with Crippen LogP contribution in [0.4, 0.5) is 0 Å². The van der Waals surface area contributed by atoms with E-state index >= 15 is 0 Å². The van der Waals surface area contributed by atoms with Crippen molar-refractivity contribution in [1.29, 1.82) is 0 Å². The van der Waals surface area contributed by atoms with Crippen LogP contribution in [0.25, 0.3) is 0 Å².